The Labute approximate surface area is 88.1 Å². The molecule has 5 heteroatoms. The molecule has 82 valence electrons. The third-order valence-electron chi connectivity index (χ3n) is 3.03. The van der Waals surface area contributed by atoms with E-state index in [4.69, 9.17) is 5.11 Å². The number of carboxylic acids is 1. The summed E-state index contributed by atoms with van der Waals surface area (Å²) in [7, 11) is 0. The van der Waals surface area contributed by atoms with Crippen molar-refractivity contribution < 1.29 is 9.90 Å². The molecular formula is C10H15N3O2. The largest absolute Gasteiger partial charge is 0.481 e. The summed E-state index contributed by atoms with van der Waals surface area (Å²) < 4.78 is 0. The van der Waals surface area contributed by atoms with Crippen LogP contribution in [0.4, 0.5) is 0 Å². The molecule has 5 nitrogen and oxygen atoms in total. The van der Waals surface area contributed by atoms with Gasteiger partial charge in [0.15, 0.2) is 0 Å². The van der Waals surface area contributed by atoms with Crippen LogP contribution in [0, 0.1) is 5.41 Å². The SMILES string of the molecule is CC1(C(=O)O)CCN(Cc2cn[nH]c2)C1. The topological polar surface area (TPSA) is 69.2 Å². The molecule has 1 fully saturated rings. The Hall–Kier alpha value is -1.36. The highest BCUT2D eigenvalue weighted by Crippen LogP contribution is 2.30. The third-order valence-corrected chi connectivity index (χ3v) is 3.03. The Morgan fingerprint density at radius 1 is 1.80 bits per heavy atom. The number of aliphatic carboxylic acids is 1. The second-order valence-corrected chi connectivity index (χ2v) is 4.43. The van der Waals surface area contributed by atoms with E-state index < -0.39 is 11.4 Å². The van der Waals surface area contributed by atoms with Crippen molar-refractivity contribution in [3.8, 4) is 0 Å². The van der Waals surface area contributed by atoms with Crippen LogP contribution in [-0.4, -0.2) is 39.3 Å². The minimum atomic E-state index is -0.697. The van der Waals surface area contributed by atoms with Crippen LogP contribution in [0.1, 0.15) is 18.9 Å². The van der Waals surface area contributed by atoms with Gasteiger partial charge in [0.2, 0.25) is 0 Å². The molecule has 0 amide bonds. The van der Waals surface area contributed by atoms with E-state index in [1.165, 1.54) is 0 Å². The number of carbonyl (C=O) groups is 1. The first-order valence-corrected chi connectivity index (χ1v) is 5.03. The number of aromatic nitrogens is 2. The first-order chi connectivity index (χ1) is 7.10. The van der Waals surface area contributed by atoms with E-state index in [2.05, 4.69) is 15.1 Å². The highest BCUT2D eigenvalue weighted by Gasteiger charge is 2.40. The van der Waals surface area contributed by atoms with Gasteiger partial charge in [0.05, 0.1) is 11.6 Å². The number of rotatable bonds is 3. The summed E-state index contributed by atoms with van der Waals surface area (Å²) in [4.78, 5) is 13.2. The first-order valence-electron chi connectivity index (χ1n) is 5.03. The maximum atomic E-state index is 11.0. The highest BCUT2D eigenvalue weighted by molar-refractivity contribution is 5.74. The summed E-state index contributed by atoms with van der Waals surface area (Å²) in [6.45, 7) is 4.05. The summed E-state index contributed by atoms with van der Waals surface area (Å²) in [6.07, 6.45) is 4.34. The number of H-pyrrole nitrogens is 1. The maximum absolute atomic E-state index is 11.0. The molecule has 0 radical (unpaired) electrons. The number of likely N-dealkylation sites (tertiary alicyclic amines) is 1. The van der Waals surface area contributed by atoms with Crippen molar-refractivity contribution in [2.75, 3.05) is 13.1 Å². The lowest BCUT2D eigenvalue weighted by Crippen LogP contribution is -2.31. The van der Waals surface area contributed by atoms with Gasteiger partial charge < -0.3 is 5.11 Å². The Balaban J connectivity index is 1.96. The van der Waals surface area contributed by atoms with Crippen LogP contribution >= 0.6 is 0 Å². The molecule has 1 unspecified atom stereocenters. The average Bonchev–Trinajstić information content (AvgIpc) is 2.77. The molecule has 2 N–H and O–H groups in total. The van der Waals surface area contributed by atoms with Crippen LogP contribution in [0.3, 0.4) is 0 Å². The van der Waals surface area contributed by atoms with Gasteiger partial charge in [0.1, 0.15) is 0 Å². The van der Waals surface area contributed by atoms with Gasteiger partial charge in [-0.15, -0.1) is 0 Å². The average molecular weight is 209 g/mol. The Bertz CT molecular complexity index is 350. The first kappa shape index (κ1) is 10.2. The van der Waals surface area contributed by atoms with Crippen LogP contribution < -0.4 is 0 Å². The number of nitrogens with one attached hydrogen (secondary N) is 1. The van der Waals surface area contributed by atoms with Gasteiger partial charge in [-0.05, 0) is 19.9 Å². The summed E-state index contributed by atoms with van der Waals surface area (Å²) in [5.41, 5.74) is 0.522. The van der Waals surface area contributed by atoms with Gasteiger partial charge in [-0.2, -0.15) is 5.10 Å². The number of hydrogen-bond donors (Lipinski definition) is 2. The van der Waals surface area contributed by atoms with Crippen molar-refractivity contribution in [3.05, 3.63) is 18.0 Å². The van der Waals surface area contributed by atoms with Crippen LogP contribution in [0.2, 0.25) is 0 Å². The second kappa shape index (κ2) is 3.66. The fourth-order valence-electron chi connectivity index (χ4n) is 1.99. The molecule has 1 aliphatic heterocycles. The van der Waals surface area contributed by atoms with Crippen molar-refractivity contribution in [1.29, 1.82) is 0 Å². The molecule has 0 spiro atoms. The zero-order valence-electron chi connectivity index (χ0n) is 8.73. The van der Waals surface area contributed by atoms with E-state index in [1.54, 1.807) is 6.20 Å². The fourth-order valence-corrected chi connectivity index (χ4v) is 1.99. The van der Waals surface area contributed by atoms with E-state index in [0.717, 1.165) is 25.1 Å². The molecule has 2 heterocycles. The van der Waals surface area contributed by atoms with Crippen LogP contribution in [0.15, 0.2) is 12.4 Å². The number of hydrogen-bond acceptors (Lipinski definition) is 3. The van der Waals surface area contributed by atoms with E-state index in [9.17, 15) is 4.79 Å². The van der Waals surface area contributed by atoms with Gasteiger partial charge in [0.25, 0.3) is 0 Å². The molecule has 0 bridgehead atoms. The van der Waals surface area contributed by atoms with Crippen molar-refractivity contribution in [2.45, 2.75) is 19.9 Å². The zero-order chi connectivity index (χ0) is 10.9. The molecule has 0 aliphatic carbocycles. The quantitative estimate of drug-likeness (QED) is 0.769. The lowest BCUT2D eigenvalue weighted by molar-refractivity contribution is -0.147. The summed E-state index contributed by atoms with van der Waals surface area (Å²) >= 11 is 0. The van der Waals surface area contributed by atoms with Gasteiger partial charge in [0, 0.05) is 24.8 Å². The molecule has 0 aromatic carbocycles. The number of aromatic amines is 1. The zero-order valence-corrected chi connectivity index (χ0v) is 8.73. The van der Waals surface area contributed by atoms with Crippen LogP contribution in [0.5, 0.6) is 0 Å². The molecule has 2 rings (SSSR count). The van der Waals surface area contributed by atoms with Crippen molar-refractivity contribution in [3.63, 3.8) is 0 Å². The monoisotopic (exact) mass is 209 g/mol. The number of nitrogens with zero attached hydrogens (tertiary/aromatic N) is 2. The van der Waals surface area contributed by atoms with E-state index >= 15 is 0 Å². The maximum Gasteiger partial charge on any atom is 0.310 e. The van der Waals surface area contributed by atoms with Gasteiger partial charge in [-0.1, -0.05) is 0 Å². The van der Waals surface area contributed by atoms with Crippen molar-refractivity contribution in [1.82, 2.24) is 15.1 Å². The minimum Gasteiger partial charge on any atom is -0.481 e. The van der Waals surface area contributed by atoms with Gasteiger partial charge in [-0.25, -0.2) is 0 Å². The van der Waals surface area contributed by atoms with E-state index in [1.807, 2.05) is 13.1 Å². The van der Waals surface area contributed by atoms with Gasteiger partial charge in [-0.3, -0.25) is 14.8 Å². The van der Waals surface area contributed by atoms with Gasteiger partial charge >= 0.3 is 5.97 Å². The normalized spacial score (nSPS) is 27.0. The lowest BCUT2D eigenvalue weighted by Gasteiger charge is -2.19. The molecule has 1 aromatic rings. The smallest absolute Gasteiger partial charge is 0.310 e. The van der Waals surface area contributed by atoms with Crippen molar-refractivity contribution >= 4 is 5.97 Å². The summed E-state index contributed by atoms with van der Waals surface area (Å²) in [5.74, 6) is -0.697. The lowest BCUT2D eigenvalue weighted by atomic mass is 9.90. The molecule has 0 saturated carbocycles. The number of carboxylic acid groups (broad SMARTS) is 1. The summed E-state index contributed by atoms with van der Waals surface area (Å²) in [6, 6.07) is 0. The predicted molar refractivity (Wildman–Crippen MR) is 54.2 cm³/mol. The van der Waals surface area contributed by atoms with E-state index in [0.29, 0.717) is 6.54 Å². The third kappa shape index (κ3) is 2.02. The Morgan fingerprint density at radius 2 is 2.60 bits per heavy atom. The molecule has 1 aliphatic rings. The molecule has 1 atom stereocenters. The Kier molecular flexibility index (Phi) is 2.48. The second-order valence-electron chi connectivity index (χ2n) is 4.43. The minimum absolute atomic E-state index is 0.580. The van der Waals surface area contributed by atoms with Crippen LogP contribution in [0.25, 0.3) is 0 Å². The molecular weight excluding hydrogens is 194 g/mol. The standard InChI is InChI=1S/C10H15N3O2/c1-10(9(14)15)2-3-13(7-10)6-8-4-11-12-5-8/h4-5H,2-3,6-7H2,1H3,(H,11,12)(H,14,15). The van der Waals surface area contributed by atoms with Crippen LogP contribution in [-0.2, 0) is 11.3 Å². The molecule has 1 saturated heterocycles. The Morgan fingerprint density at radius 3 is 3.13 bits per heavy atom. The fraction of sp³-hybridized carbons (Fsp3) is 0.600. The molecule has 1 aromatic heterocycles. The predicted octanol–water partition coefficient (Wildman–Crippen LogP) is 0.706. The molecule has 15 heavy (non-hydrogen) atoms. The highest BCUT2D eigenvalue weighted by atomic mass is 16.4. The van der Waals surface area contributed by atoms with Crippen molar-refractivity contribution in [2.24, 2.45) is 5.41 Å². The summed E-state index contributed by atoms with van der Waals surface area (Å²) in [5, 5.41) is 15.7. The van der Waals surface area contributed by atoms with E-state index in [-0.39, 0.29) is 0 Å².